The van der Waals surface area contributed by atoms with E-state index in [1.165, 1.54) is 0 Å². The Morgan fingerprint density at radius 3 is 0.955 bits per heavy atom. The number of nitrogens with zero attached hydrogens (tertiary/aromatic N) is 4. The van der Waals surface area contributed by atoms with Gasteiger partial charge in [-0.2, -0.15) is 0 Å². The van der Waals surface area contributed by atoms with E-state index in [4.69, 9.17) is 29.4 Å². The second-order valence-corrected chi connectivity index (χ2v) is 22.0. The van der Waals surface area contributed by atoms with Gasteiger partial charge in [0, 0.05) is 66.5 Å². The van der Waals surface area contributed by atoms with Crippen LogP contribution in [0.25, 0.3) is 148 Å². The number of methoxy groups -OCH3 is 2. The Hall–Kier alpha value is -11.5. The minimum Gasteiger partial charge on any atom is -0.497 e. The van der Waals surface area contributed by atoms with E-state index in [1.807, 2.05) is 42.5 Å². The number of hydrogen-bond acceptors (Lipinski definition) is 6. The van der Waals surface area contributed by atoms with Crippen molar-refractivity contribution >= 4 is 92.7 Å². The second kappa shape index (κ2) is 22.8. The molecule has 0 unspecified atom stereocenters. The van der Waals surface area contributed by atoms with E-state index in [0.717, 1.165) is 170 Å². The first-order valence-corrected chi connectivity index (χ1v) is 29.7. The summed E-state index contributed by atoms with van der Waals surface area (Å²) in [5, 5.41) is 0. The minimum absolute atomic E-state index is 0.690. The van der Waals surface area contributed by atoms with Gasteiger partial charge in [0.05, 0.1) is 81.9 Å². The molecule has 4 N–H and O–H groups in total. The number of aromatic nitrogens is 8. The third-order valence-corrected chi connectivity index (χ3v) is 16.7. The molecule has 0 spiro atoms. The molecule has 422 valence electrons. The lowest BCUT2D eigenvalue weighted by Gasteiger charge is -2.07. The predicted octanol–water partition coefficient (Wildman–Crippen LogP) is 18.7. The zero-order chi connectivity index (χ0) is 59.1. The van der Waals surface area contributed by atoms with E-state index in [9.17, 15) is 0 Å². The molecule has 4 aliphatic rings. The van der Waals surface area contributed by atoms with Crippen molar-refractivity contribution < 1.29 is 9.47 Å². The summed E-state index contributed by atoms with van der Waals surface area (Å²) in [6.07, 6.45) is 19.8. The van der Waals surface area contributed by atoms with Crippen molar-refractivity contribution in [2.24, 2.45) is 0 Å². The van der Waals surface area contributed by atoms with E-state index in [-0.39, 0.29) is 0 Å². The number of aromatic amines is 4. The van der Waals surface area contributed by atoms with Crippen molar-refractivity contribution in [3.63, 3.8) is 0 Å². The number of unbranched alkanes of at least 4 members (excludes halogenated alkanes) is 1. The Labute approximate surface area is 509 Å². The van der Waals surface area contributed by atoms with E-state index in [0.29, 0.717) is 22.5 Å². The summed E-state index contributed by atoms with van der Waals surface area (Å²) in [5.41, 5.74) is 25.9. The topological polar surface area (TPSA) is 133 Å². The largest absolute Gasteiger partial charge is 0.497 e. The smallest absolute Gasteiger partial charge is 0.118 e. The van der Waals surface area contributed by atoms with Gasteiger partial charge in [-0.1, -0.05) is 140 Å². The molecule has 0 atom stereocenters. The maximum Gasteiger partial charge on any atom is 0.118 e. The van der Waals surface area contributed by atoms with Gasteiger partial charge in [-0.15, -0.1) is 0 Å². The molecule has 6 aromatic heterocycles. The molecular weight excluding hydrogens is 1080 g/mol. The zero-order valence-electron chi connectivity index (χ0n) is 48.7. The molecule has 10 heterocycles. The Bertz CT molecular complexity index is 5040. The van der Waals surface area contributed by atoms with Crippen molar-refractivity contribution in [3.8, 4) is 79.0 Å². The molecule has 11 aromatic rings. The number of nitrogens with one attached hydrogen (secondary N) is 4. The summed E-state index contributed by atoms with van der Waals surface area (Å²) in [5.74, 6) is 9.08. The number of benzene rings is 5. The summed E-state index contributed by atoms with van der Waals surface area (Å²) >= 11 is 0. The van der Waals surface area contributed by atoms with Crippen molar-refractivity contribution in [3.05, 3.63) is 250 Å². The lowest BCUT2D eigenvalue weighted by Crippen LogP contribution is -1.92. The molecule has 15 rings (SSSR count). The Balaban J connectivity index is 1.05. The number of aryl methyl sites for hydroxylation is 1. The number of ether oxygens (including phenoxy) is 2. The monoisotopic (exact) mass is 1140 g/mol. The maximum atomic E-state index is 5.66. The van der Waals surface area contributed by atoms with Gasteiger partial charge in [0.15, 0.2) is 0 Å². The van der Waals surface area contributed by atoms with Crippen LogP contribution in [0.5, 0.6) is 11.5 Å². The van der Waals surface area contributed by atoms with Crippen LogP contribution in [0.1, 0.15) is 82.0 Å². The normalized spacial score (nSPS) is 12.1. The van der Waals surface area contributed by atoms with Crippen LogP contribution >= 0.6 is 0 Å². The fourth-order valence-electron chi connectivity index (χ4n) is 12.3. The molecule has 88 heavy (non-hydrogen) atoms. The number of H-pyrrole nitrogens is 4. The molecule has 4 aliphatic heterocycles. The highest BCUT2D eigenvalue weighted by molar-refractivity contribution is 6.00. The van der Waals surface area contributed by atoms with Gasteiger partial charge in [0.25, 0.3) is 0 Å². The SMILES string of the molecule is CCCCc1c2nc(c(-c3ccc(OC)cc3)c3ccc([nH]3)c(C#Cc3c4nc(c(-c5ccccc5)c5ccc([nH]5)c(-c5ccccc5)c5nc(c(-c6ccccc6)c6ccc3[nH]6)C=C5)C=C4)c3nc(c(-c4ccc(OC)cc4)c4ccc1[nH]4)C=C3)C=C2. The van der Waals surface area contributed by atoms with Gasteiger partial charge in [-0.25, -0.2) is 19.9 Å². The van der Waals surface area contributed by atoms with E-state index in [2.05, 4.69) is 233 Å². The van der Waals surface area contributed by atoms with Gasteiger partial charge in [0.1, 0.15) is 11.5 Å². The highest BCUT2D eigenvalue weighted by Gasteiger charge is 2.21. The molecule has 10 nitrogen and oxygen atoms in total. The molecule has 10 heteroatoms. The van der Waals surface area contributed by atoms with E-state index < -0.39 is 0 Å². The van der Waals surface area contributed by atoms with Gasteiger partial charge in [-0.05, 0) is 162 Å². The molecule has 0 radical (unpaired) electrons. The van der Waals surface area contributed by atoms with Crippen LogP contribution in [0.4, 0.5) is 0 Å². The third-order valence-electron chi connectivity index (χ3n) is 16.7. The van der Waals surface area contributed by atoms with Crippen LogP contribution in [0, 0.1) is 11.8 Å². The molecular formula is C78H58N8O2. The first kappa shape index (κ1) is 53.2. The lowest BCUT2D eigenvalue weighted by molar-refractivity contribution is 0.415. The summed E-state index contributed by atoms with van der Waals surface area (Å²) in [7, 11) is 3.38. The predicted molar refractivity (Wildman–Crippen MR) is 363 cm³/mol. The summed E-state index contributed by atoms with van der Waals surface area (Å²) in [6, 6.07) is 64.8. The van der Waals surface area contributed by atoms with Gasteiger partial charge in [-0.3, -0.25) is 0 Å². The van der Waals surface area contributed by atoms with Gasteiger partial charge < -0.3 is 29.4 Å². The van der Waals surface area contributed by atoms with E-state index >= 15 is 0 Å². The summed E-state index contributed by atoms with van der Waals surface area (Å²) in [6.45, 7) is 2.23. The minimum atomic E-state index is 0.690. The quantitative estimate of drug-likeness (QED) is 0.101. The maximum absolute atomic E-state index is 5.66. The molecule has 5 aromatic carbocycles. The standard InChI is InChI=1S/C78H58N8O2/c1-4-5-21-55-58-32-38-66(79-58)77(51-22-26-53(87-2)27-23-51)68-42-36-62(83-68)57(63-37-43-69(84-63)78(67-39-33-59(55)80-67)52-24-28-54(88-3)29-25-52)31-30-56-60-34-40-64(81-60)74(48-15-9-6-10-16-48)70-44-46-72(85-70)76(50-19-13-8-14-20-50)73-47-45-71(86-73)75(49-17-11-7-12-18-49)65-41-35-61(56)82-65/h6-20,22-29,32-47,79,81,84,86H,4-5,21H2,1-3H3. The highest BCUT2D eigenvalue weighted by atomic mass is 16.5. The molecule has 0 saturated carbocycles. The average molecular weight is 1140 g/mol. The highest BCUT2D eigenvalue weighted by Crippen LogP contribution is 2.39. The van der Waals surface area contributed by atoms with Crippen molar-refractivity contribution in [1.82, 2.24) is 39.9 Å². The molecule has 0 aliphatic carbocycles. The lowest BCUT2D eigenvalue weighted by atomic mass is 10.0. The Kier molecular flexibility index (Phi) is 13.8. The Morgan fingerprint density at radius 1 is 0.307 bits per heavy atom. The average Bonchev–Trinajstić information content (AvgIpc) is 2.47. The van der Waals surface area contributed by atoms with Crippen LogP contribution in [0.15, 0.2) is 188 Å². The summed E-state index contributed by atoms with van der Waals surface area (Å²) < 4.78 is 11.3. The fraction of sp³-hybridized carbons (Fsp3) is 0.0769. The third kappa shape index (κ3) is 9.90. The van der Waals surface area contributed by atoms with Crippen LogP contribution in [-0.4, -0.2) is 54.1 Å². The number of hydrogen-bond donors (Lipinski definition) is 4. The van der Waals surface area contributed by atoms with Gasteiger partial charge >= 0.3 is 0 Å². The molecule has 0 saturated heterocycles. The number of fused-ring (bicyclic) bond motifs is 16. The Morgan fingerprint density at radius 2 is 0.591 bits per heavy atom. The van der Waals surface area contributed by atoms with Crippen molar-refractivity contribution in [1.29, 1.82) is 0 Å². The van der Waals surface area contributed by atoms with Gasteiger partial charge in [0.2, 0.25) is 0 Å². The molecule has 0 amide bonds. The first-order chi connectivity index (χ1) is 43.4. The van der Waals surface area contributed by atoms with Crippen LogP contribution in [0.2, 0.25) is 0 Å². The van der Waals surface area contributed by atoms with Crippen molar-refractivity contribution in [2.75, 3.05) is 14.2 Å². The van der Waals surface area contributed by atoms with Crippen LogP contribution in [0.3, 0.4) is 0 Å². The van der Waals surface area contributed by atoms with Crippen molar-refractivity contribution in [2.45, 2.75) is 26.2 Å². The fourth-order valence-corrected chi connectivity index (χ4v) is 12.3. The van der Waals surface area contributed by atoms with E-state index in [1.54, 1.807) is 14.2 Å². The zero-order valence-corrected chi connectivity index (χ0v) is 48.7. The number of rotatable bonds is 10. The molecule has 0 fully saturated rings. The first-order valence-electron chi connectivity index (χ1n) is 29.7. The van der Waals surface area contributed by atoms with Crippen LogP contribution < -0.4 is 9.47 Å². The second-order valence-electron chi connectivity index (χ2n) is 22.0. The van der Waals surface area contributed by atoms with Crippen LogP contribution in [-0.2, 0) is 6.42 Å². The molecule has 16 bridgehead atoms. The summed E-state index contributed by atoms with van der Waals surface area (Å²) in [4.78, 5) is 37.6.